The van der Waals surface area contributed by atoms with Crippen LogP contribution in [0.3, 0.4) is 0 Å². The molecular weight excluding hydrogens is 374 g/mol. The number of hydrazone groups is 1. The molecule has 0 heterocycles. The Morgan fingerprint density at radius 3 is 2.25 bits per heavy atom. The Hall–Kier alpha value is -2.67. The number of carbonyl (C=O) groups is 1. The van der Waals surface area contributed by atoms with Crippen LogP contribution >= 0.6 is 0 Å². The molecule has 0 unspecified atom stereocenters. The van der Waals surface area contributed by atoms with Gasteiger partial charge in [-0.15, -0.1) is 0 Å². The number of hydrogen-bond acceptors (Lipinski definition) is 4. The zero-order valence-corrected chi connectivity index (χ0v) is 17.4. The van der Waals surface area contributed by atoms with E-state index in [9.17, 15) is 13.2 Å². The Kier molecular flexibility index (Phi) is 7.75. The fourth-order valence-corrected chi connectivity index (χ4v) is 3.50. The Labute approximate surface area is 167 Å². The second kappa shape index (κ2) is 10.0. The minimum absolute atomic E-state index is 0.320. The molecule has 0 spiro atoms. The second-order valence-electron chi connectivity index (χ2n) is 6.66. The average Bonchev–Trinajstić information content (AvgIpc) is 2.69. The molecule has 1 amide bonds. The third kappa shape index (κ3) is 6.81. The maximum Gasteiger partial charge on any atom is 0.260 e. The molecule has 0 saturated carbocycles. The molecular formula is C21H27N3O3S. The van der Waals surface area contributed by atoms with Gasteiger partial charge in [0, 0.05) is 5.71 Å². The largest absolute Gasteiger partial charge is 0.271 e. The maximum absolute atomic E-state index is 12.3. The van der Waals surface area contributed by atoms with E-state index in [2.05, 4.69) is 10.5 Å². The Balaban J connectivity index is 1.97. The van der Waals surface area contributed by atoms with Crippen LogP contribution in [0.5, 0.6) is 0 Å². The van der Waals surface area contributed by atoms with E-state index < -0.39 is 15.9 Å². The molecule has 7 heteroatoms. The van der Waals surface area contributed by atoms with E-state index >= 15 is 0 Å². The lowest BCUT2D eigenvalue weighted by Gasteiger charge is -2.21. The molecule has 0 aliphatic carbocycles. The Morgan fingerprint density at radius 1 is 1.04 bits per heavy atom. The number of amides is 1. The van der Waals surface area contributed by atoms with Gasteiger partial charge in [-0.2, -0.15) is 5.10 Å². The molecule has 0 aliphatic heterocycles. The van der Waals surface area contributed by atoms with E-state index in [1.165, 1.54) is 5.56 Å². The number of hydrogen-bond donors (Lipinski definition) is 1. The summed E-state index contributed by atoms with van der Waals surface area (Å²) in [6.07, 6.45) is 3.48. The number of benzene rings is 2. The molecule has 0 fully saturated rings. The minimum Gasteiger partial charge on any atom is -0.271 e. The van der Waals surface area contributed by atoms with Crippen molar-refractivity contribution in [3.8, 4) is 0 Å². The van der Waals surface area contributed by atoms with E-state index in [4.69, 9.17) is 0 Å². The monoisotopic (exact) mass is 401 g/mol. The molecule has 0 aliphatic rings. The predicted molar refractivity (Wildman–Crippen MR) is 114 cm³/mol. The first kappa shape index (κ1) is 21.6. The van der Waals surface area contributed by atoms with Crippen molar-refractivity contribution in [2.45, 2.75) is 33.1 Å². The first-order valence-electron chi connectivity index (χ1n) is 9.22. The van der Waals surface area contributed by atoms with E-state index in [0.717, 1.165) is 34.7 Å². The quantitative estimate of drug-likeness (QED) is 0.518. The lowest BCUT2D eigenvalue weighted by molar-refractivity contribution is -0.119. The van der Waals surface area contributed by atoms with Crippen LogP contribution in [0.2, 0.25) is 0 Å². The number of anilines is 1. The summed E-state index contributed by atoms with van der Waals surface area (Å²) in [5.41, 5.74) is 5.98. The summed E-state index contributed by atoms with van der Waals surface area (Å²) in [5, 5.41) is 4.09. The lowest BCUT2D eigenvalue weighted by Crippen LogP contribution is -2.39. The van der Waals surface area contributed by atoms with Gasteiger partial charge in [0.15, 0.2) is 0 Å². The zero-order valence-electron chi connectivity index (χ0n) is 16.6. The van der Waals surface area contributed by atoms with Crippen molar-refractivity contribution in [1.82, 2.24) is 5.43 Å². The molecule has 2 aromatic carbocycles. The summed E-state index contributed by atoms with van der Waals surface area (Å²) < 4.78 is 25.3. The van der Waals surface area contributed by atoms with Crippen molar-refractivity contribution >= 4 is 27.3 Å². The Bertz CT molecular complexity index is 908. The van der Waals surface area contributed by atoms with Gasteiger partial charge in [-0.05, 0) is 49.4 Å². The predicted octanol–water partition coefficient (Wildman–Crippen LogP) is 3.14. The Morgan fingerprint density at radius 2 is 1.68 bits per heavy atom. The molecule has 2 rings (SSSR count). The fourth-order valence-electron chi connectivity index (χ4n) is 2.65. The smallest absolute Gasteiger partial charge is 0.260 e. The highest BCUT2D eigenvalue weighted by Gasteiger charge is 2.20. The SMILES string of the molecule is CCc1ccc(N(CC(=O)N/N=C(/C)CCc2ccccc2)S(C)(=O)=O)cc1. The van der Waals surface area contributed by atoms with Crippen LogP contribution in [-0.2, 0) is 27.7 Å². The van der Waals surface area contributed by atoms with Crippen LogP contribution in [0, 0.1) is 0 Å². The first-order valence-corrected chi connectivity index (χ1v) is 11.1. The highest BCUT2D eigenvalue weighted by atomic mass is 32.2. The molecule has 28 heavy (non-hydrogen) atoms. The normalized spacial score (nSPS) is 11.9. The van der Waals surface area contributed by atoms with Crippen molar-refractivity contribution in [1.29, 1.82) is 0 Å². The highest BCUT2D eigenvalue weighted by molar-refractivity contribution is 7.92. The molecule has 2 aromatic rings. The van der Waals surface area contributed by atoms with Crippen molar-refractivity contribution in [2.75, 3.05) is 17.1 Å². The van der Waals surface area contributed by atoms with Crippen LogP contribution in [-0.4, -0.2) is 32.8 Å². The molecule has 150 valence electrons. The third-order valence-electron chi connectivity index (χ3n) is 4.31. The summed E-state index contributed by atoms with van der Waals surface area (Å²) in [6, 6.07) is 17.2. The number of sulfonamides is 1. The molecule has 0 bridgehead atoms. The number of rotatable bonds is 9. The van der Waals surface area contributed by atoms with Gasteiger partial charge in [-0.25, -0.2) is 13.8 Å². The molecule has 0 saturated heterocycles. The van der Waals surface area contributed by atoms with Gasteiger partial charge in [-0.3, -0.25) is 9.10 Å². The van der Waals surface area contributed by atoms with E-state index in [1.54, 1.807) is 12.1 Å². The topological polar surface area (TPSA) is 78.8 Å². The van der Waals surface area contributed by atoms with Crippen LogP contribution in [0.4, 0.5) is 5.69 Å². The van der Waals surface area contributed by atoms with Crippen molar-refractivity contribution < 1.29 is 13.2 Å². The summed E-state index contributed by atoms with van der Waals surface area (Å²) in [7, 11) is -3.59. The van der Waals surface area contributed by atoms with E-state index in [0.29, 0.717) is 12.1 Å². The number of carbonyl (C=O) groups excluding carboxylic acids is 1. The van der Waals surface area contributed by atoms with Crippen molar-refractivity contribution in [3.05, 3.63) is 65.7 Å². The zero-order chi connectivity index (χ0) is 20.6. The summed E-state index contributed by atoms with van der Waals surface area (Å²) >= 11 is 0. The van der Waals surface area contributed by atoms with Gasteiger partial charge in [0.25, 0.3) is 5.91 Å². The summed E-state index contributed by atoms with van der Waals surface area (Å²) in [4.78, 5) is 12.3. The minimum atomic E-state index is -3.59. The van der Waals surface area contributed by atoms with Gasteiger partial charge in [0.05, 0.1) is 11.9 Å². The van der Waals surface area contributed by atoms with Gasteiger partial charge in [-0.1, -0.05) is 49.4 Å². The molecule has 0 aromatic heterocycles. The maximum atomic E-state index is 12.3. The van der Waals surface area contributed by atoms with Crippen LogP contribution in [0.25, 0.3) is 0 Å². The first-order chi connectivity index (χ1) is 13.3. The van der Waals surface area contributed by atoms with Gasteiger partial charge >= 0.3 is 0 Å². The number of nitrogens with zero attached hydrogens (tertiary/aromatic N) is 2. The van der Waals surface area contributed by atoms with Crippen LogP contribution < -0.4 is 9.73 Å². The van der Waals surface area contributed by atoms with Crippen LogP contribution in [0.1, 0.15) is 31.4 Å². The van der Waals surface area contributed by atoms with Crippen molar-refractivity contribution in [2.24, 2.45) is 5.10 Å². The van der Waals surface area contributed by atoms with Crippen molar-refractivity contribution in [3.63, 3.8) is 0 Å². The fraction of sp³-hybridized carbons (Fsp3) is 0.333. The summed E-state index contributed by atoms with van der Waals surface area (Å²) in [5.74, 6) is -0.482. The standard InChI is InChI=1S/C21H27N3O3S/c1-4-18-12-14-20(15-13-18)24(28(3,26)27)16-21(25)23-22-17(2)10-11-19-8-6-5-7-9-19/h5-9,12-15H,4,10-11,16H2,1-3H3,(H,23,25)/b22-17-. The van der Waals surface area contributed by atoms with Crippen LogP contribution in [0.15, 0.2) is 59.7 Å². The average molecular weight is 402 g/mol. The lowest BCUT2D eigenvalue weighted by atomic mass is 10.1. The van der Waals surface area contributed by atoms with E-state index in [1.807, 2.05) is 56.3 Å². The molecule has 6 nitrogen and oxygen atoms in total. The summed E-state index contributed by atoms with van der Waals surface area (Å²) in [6.45, 7) is 3.54. The molecule has 0 radical (unpaired) electrons. The van der Waals surface area contributed by atoms with E-state index in [-0.39, 0.29) is 6.54 Å². The highest BCUT2D eigenvalue weighted by Crippen LogP contribution is 2.18. The number of nitrogens with one attached hydrogen (secondary N) is 1. The van der Waals surface area contributed by atoms with Gasteiger partial charge < -0.3 is 0 Å². The van der Waals surface area contributed by atoms with Gasteiger partial charge in [0.1, 0.15) is 6.54 Å². The van der Waals surface area contributed by atoms with Gasteiger partial charge in [0.2, 0.25) is 10.0 Å². The third-order valence-corrected chi connectivity index (χ3v) is 5.45. The molecule has 1 N–H and O–H groups in total. The molecule has 0 atom stereocenters. The number of aryl methyl sites for hydroxylation is 2. The second-order valence-corrected chi connectivity index (χ2v) is 8.56.